The summed E-state index contributed by atoms with van der Waals surface area (Å²) in [7, 11) is 0. The smallest absolute Gasteiger partial charge is 0.243 e. The van der Waals surface area contributed by atoms with Crippen molar-refractivity contribution in [1.29, 1.82) is 0 Å². The third-order valence-electron chi connectivity index (χ3n) is 6.37. The Morgan fingerprint density at radius 3 is 1.39 bits per heavy atom. The molecule has 0 aliphatic heterocycles. The third-order valence-corrected chi connectivity index (χ3v) is 6.37. The van der Waals surface area contributed by atoms with Crippen molar-refractivity contribution in [2.24, 2.45) is 0 Å². The van der Waals surface area contributed by atoms with Gasteiger partial charge in [0.1, 0.15) is 18.9 Å². The largest absolute Gasteiger partial charge is 1.00 e. The minimum atomic E-state index is 0. The van der Waals surface area contributed by atoms with Crippen LogP contribution in [0.4, 0.5) is 0 Å². The number of aliphatic hydroxyl groups excluding tert-OH is 1. The molecular formula is C27H53BrN2O. The topological polar surface area (TPSA) is 29.0 Å². The van der Waals surface area contributed by atoms with E-state index in [2.05, 4.69) is 28.6 Å². The molecule has 4 heteroatoms. The highest BCUT2D eigenvalue weighted by Crippen LogP contribution is 2.14. The Morgan fingerprint density at radius 2 is 1.00 bits per heavy atom. The summed E-state index contributed by atoms with van der Waals surface area (Å²) in [4.78, 5) is 0. The van der Waals surface area contributed by atoms with Crippen molar-refractivity contribution in [1.82, 2.24) is 4.57 Å². The Hall–Kier alpha value is -0.350. The Kier molecular flexibility index (Phi) is 24.0. The molecule has 1 rings (SSSR count). The number of imidazole rings is 1. The van der Waals surface area contributed by atoms with Gasteiger partial charge in [-0.3, -0.25) is 0 Å². The normalized spacial score (nSPS) is 11.0. The first-order valence-electron chi connectivity index (χ1n) is 13.5. The van der Waals surface area contributed by atoms with Gasteiger partial charge in [-0.15, -0.1) is 0 Å². The molecule has 0 aromatic carbocycles. The Morgan fingerprint density at radius 1 is 0.613 bits per heavy atom. The van der Waals surface area contributed by atoms with Gasteiger partial charge in [-0.25, -0.2) is 9.13 Å². The molecule has 184 valence electrons. The van der Waals surface area contributed by atoms with Crippen LogP contribution in [0.15, 0.2) is 18.7 Å². The molecule has 0 aliphatic carbocycles. The molecular weight excluding hydrogens is 448 g/mol. The maximum absolute atomic E-state index is 8.95. The fourth-order valence-electron chi connectivity index (χ4n) is 4.37. The minimum Gasteiger partial charge on any atom is -1.00 e. The number of aryl methyl sites for hydroxylation is 1. The predicted octanol–water partition coefficient (Wildman–Crippen LogP) is 4.59. The average Bonchev–Trinajstić information content (AvgIpc) is 3.20. The third kappa shape index (κ3) is 20.0. The molecule has 0 amide bonds. The zero-order valence-corrected chi connectivity index (χ0v) is 22.3. The number of aliphatic hydroxyl groups is 1. The van der Waals surface area contributed by atoms with Gasteiger partial charge in [-0.05, 0) is 12.8 Å². The van der Waals surface area contributed by atoms with E-state index in [1.165, 1.54) is 128 Å². The summed E-state index contributed by atoms with van der Waals surface area (Å²) in [5.41, 5.74) is 0. The molecule has 0 saturated carbocycles. The van der Waals surface area contributed by atoms with Crippen LogP contribution in [0.1, 0.15) is 135 Å². The van der Waals surface area contributed by atoms with Gasteiger partial charge in [-0.2, -0.15) is 0 Å². The van der Waals surface area contributed by atoms with Gasteiger partial charge in [0.2, 0.25) is 6.33 Å². The van der Waals surface area contributed by atoms with E-state index in [4.69, 9.17) is 5.11 Å². The molecule has 0 saturated heterocycles. The van der Waals surface area contributed by atoms with Crippen LogP contribution in [0.5, 0.6) is 0 Å². The molecule has 0 fully saturated rings. The second-order valence-electron chi connectivity index (χ2n) is 9.33. The van der Waals surface area contributed by atoms with Crippen molar-refractivity contribution in [2.45, 2.75) is 148 Å². The lowest BCUT2D eigenvalue weighted by atomic mass is 10.0. The van der Waals surface area contributed by atoms with Gasteiger partial charge < -0.3 is 22.1 Å². The minimum absolute atomic E-state index is 0. The van der Waals surface area contributed by atoms with Crippen molar-refractivity contribution in [3.8, 4) is 0 Å². The lowest BCUT2D eigenvalue weighted by Gasteiger charge is -2.04. The highest BCUT2D eigenvalue weighted by atomic mass is 79.9. The van der Waals surface area contributed by atoms with Crippen LogP contribution in [-0.4, -0.2) is 16.3 Å². The summed E-state index contributed by atoms with van der Waals surface area (Å²) in [6.07, 6.45) is 34.9. The quantitative estimate of drug-likeness (QED) is 0.172. The average molecular weight is 502 g/mol. The molecule has 3 nitrogen and oxygen atoms in total. The van der Waals surface area contributed by atoms with Crippen molar-refractivity contribution >= 4 is 0 Å². The van der Waals surface area contributed by atoms with E-state index >= 15 is 0 Å². The van der Waals surface area contributed by atoms with Crippen molar-refractivity contribution in [3.05, 3.63) is 18.7 Å². The van der Waals surface area contributed by atoms with Gasteiger partial charge in [0.15, 0.2) is 0 Å². The van der Waals surface area contributed by atoms with Crippen molar-refractivity contribution in [3.63, 3.8) is 0 Å². The maximum Gasteiger partial charge on any atom is 0.243 e. The monoisotopic (exact) mass is 500 g/mol. The zero-order valence-electron chi connectivity index (χ0n) is 20.7. The van der Waals surface area contributed by atoms with Gasteiger partial charge in [-0.1, -0.05) is 122 Å². The van der Waals surface area contributed by atoms with E-state index in [0.29, 0.717) is 6.54 Å². The fourth-order valence-corrected chi connectivity index (χ4v) is 4.37. The first kappa shape index (κ1) is 30.6. The number of nitrogens with zero attached hydrogens (tertiary/aromatic N) is 2. The lowest BCUT2D eigenvalue weighted by Crippen LogP contribution is -3.00. The summed E-state index contributed by atoms with van der Waals surface area (Å²) < 4.78 is 4.29. The molecule has 0 atom stereocenters. The predicted molar refractivity (Wildman–Crippen MR) is 130 cm³/mol. The first-order valence-corrected chi connectivity index (χ1v) is 13.5. The van der Waals surface area contributed by atoms with Gasteiger partial charge in [0, 0.05) is 0 Å². The Labute approximate surface area is 204 Å². The van der Waals surface area contributed by atoms with E-state index < -0.39 is 0 Å². The van der Waals surface area contributed by atoms with Crippen molar-refractivity contribution < 1.29 is 26.7 Å². The van der Waals surface area contributed by atoms with Crippen molar-refractivity contribution in [2.75, 3.05) is 6.61 Å². The number of halogens is 1. The van der Waals surface area contributed by atoms with E-state index in [0.717, 1.165) is 6.54 Å². The second-order valence-corrected chi connectivity index (χ2v) is 9.33. The second kappa shape index (κ2) is 24.3. The highest BCUT2D eigenvalue weighted by Gasteiger charge is 2.02. The Bertz CT molecular complexity index is 464. The lowest BCUT2D eigenvalue weighted by molar-refractivity contribution is -0.696. The van der Waals surface area contributed by atoms with Crippen LogP contribution < -0.4 is 21.5 Å². The van der Waals surface area contributed by atoms with Crippen LogP contribution in [0, 0.1) is 0 Å². The van der Waals surface area contributed by atoms with E-state index in [1.807, 2.05) is 6.20 Å². The van der Waals surface area contributed by atoms with Gasteiger partial charge in [0.05, 0.1) is 13.2 Å². The SMILES string of the molecule is CCCCCCCCCCCCCCCCCCCCCC[n+]1ccn(CCO)c1.[Br-]. The van der Waals surface area contributed by atoms with Crippen LogP contribution in [0.3, 0.4) is 0 Å². The standard InChI is InChI=1S/C27H53N2O.BrH/c1-2-3-4-5-6-7-8-9-10-11-12-13-14-15-16-17-18-19-20-21-22-28-23-24-29(27-28)25-26-30;/h23-24,27,30H,2-22,25-26H2,1H3;1H/q+1;/p-1. The molecule has 1 heterocycles. The number of hydrogen-bond acceptors (Lipinski definition) is 1. The van der Waals surface area contributed by atoms with E-state index in [1.54, 1.807) is 0 Å². The molecule has 1 aromatic rings. The summed E-state index contributed by atoms with van der Waals surface area (Å²) in [5, 5.41) is 8.95. The van der Waals surface area contributed by atoms with Crippen LogP contribution in [0.2, 0.25) is 0 Å². The summed E-state index contributed by atoms with van der Waals surface area (Å²) in [6.45, 7) is 4.32. The summed E-state index contributed by atoms with van der Waals surface area (Å²) >= 11 is 0. The van der Waals surface area contributed by atoms with Crippen LogP contribution in [0.25, 0.3) is 0 Å². The first-order chi connectivity index (χ1) is 14.9. The summed E-state index contributed by atoms with van der Waals surface area (Å²) in [6, 6.07) is 0. The number of rotatable bonds is 23. The number of aromatic nitrogens is 2. The number of unbranched alkanes of at least 4 members (excludes halogenated alkanes) is 19. The molecule has 0 unspecified atom stereocenters. The zero-order chi connectivity index (χ0) is 21.5. The Balaban J connectivity index is 0.00000900. The molecule has 1 N–H and O–H groups in total. The molecule has 0 bridgehead atoms. The van der Waals surface area contributed by atoms with Crippen LogP contribution in [-0.2, 0) is 13.1 Å². The molecule has 0 radical (unpaired) electrons. The summed E-state index contributed by atoms with van der Waals surface area (Å²) in [5.74, 6) is 0. The molecule has 0 aliphatic rings. The van der Waals surface area contributed by atoms with Gasteiger partial charge in [0.25, 0.3) is 0 Å². The van der Waals surface area contributed by atoms with Gasteiger partial charge >= 0.3 is 0 Å². The molecule has 1 aromatic heterocycles. The molecule has 31 heavy (non-hydrogen) atoms. The van der Waals surface area contributed by atoms with Crippen LogP contribution >= 0.6 is 0 Å². The highest BCUT2D eigenvalue weighted by molar-refractivity contribution is 4.65. The maximum atomic E-state index is 8.95. The van der Waals surface area contributed by atoms with E-state index in [-0.39, 0.29) is 23.6 Å². The van der Waals surface area contributed by atoms with E-state index in [9.17, 15) is 0 Å². The molecule has 0 spiro atoms. The number of hydrogen-bond donors (Lipinski definition) is 1. The fraction of sp³-hybridized carbons (Fsp3) is 0.889.